The summed E-state index contributed by atoms with van der Waals surface area (Å²) >= 11 is 0. The number of allylic oxidation sites excluding steroid dienone is 1. The van der Waals surface area contributed by atoms with E-state index in [2.05, 4.69) is 0 Å². The smallest absolute Gasteiger partial charge is 0.194 e. The molecule has 5 heteroatoms. The minimum absolute atomic E-state index is 0.0105. The summed E-state index contributed by atoms with van der Waals surface area (Å²) in [7, 11) is 0. The van der Waals surface area contributed by atoms with Crippen LogP contribution in [-0.2, 0) is 0 Å². The number of benzene rings is 2. The average molecular weight is 394 g/mol. The van der Waals surface area contributed by atoms with Crippen molar-refractivity contribution in [1.29, 1.82) is 0 Å². The Morgan fingerprint density at radius 2 is 1.32 bits per heavy atom. The zero-order chi connectivity index (χ0) is 20.3. The molecule has 0 aromatic heterocycles. The van der Waals surface area contributed by atoms with E-state index in [0.717, 1.165) is 43.4 Å². The highest BCUT2D eigenvalue weighted by molar-refractivity contribution is 5.61. The van der Waals surface area contributed by atoms with Crippen LogP contribution in [0.3, 0.4) is 0 Å². The number of halogens is 5. The first kappa shape index (κ1) is 20.6. The summed E-state index contributed by atoms with van der Waals surface area (Å²) in [6.45, 7) is 1.79. The number of hydrogen-bond donors (Lipinski definition) is 0. The molecule has 1 fully saturated rings. The molecule has 28 heavy (non-hydrogen) atoms. The molecule has 1 saturated carbocycles. The van der Waals surface area contributed by atoms with Crippen molar-refractivity contribution >= 4 is 5.83 Å². The number of hydrogen-bond acceptors (Lipinski definition) is 0. The van der Waals surface area contributed by atoms with Crippen molar-refractivity contribution < 1.29 is 22.0 Å². The summed E-state index contributed by atoms with van der Waals surface area (Å²) in [5.41, 5.74) is 1.77. The van der Waals surface area contributed by atoms with Crippen LogP contribution in [-0.4, -0.2) is 0 Å². The normalized spacial score (nSPS) is 20.8. The minimum atomic E-state index is -1.44. The molecule has 0 nitrogen and oxygen atoms in total. The van der Waals surface area contributed by atoms with E-state index in [9.17, 15) is 22.0 Å². The van der Waals surface area contributed by atoms with Gasteiger partial charge in [-0.3, -0.25) is 0 Å². The van der Waals surface area contributed by atoms with Crippen LogP contribution in [0.15, 0.2) is 42.2 Å². The maximum Gasteiger partial charge on any atom is 0.194 e. The van der Waals surface area contributed by atoms with Gasteiger partial charge in [-0.05, 0) is 67.2 Å². The summed E-state index contributed by atoms with van der Waals surface area (Å²) in [6.07, 6.45) is 3.72. The Hall–Kier alpha value is -2.17. The standard InChI is InChI=1S/C23H23F5/c1-2-3-19(24)22(27)17-10-8-15(9-11-17)14-4-6-16(7-5-14)18-12-20(25)23(28)21(26)13-18/h8-14,16H,2-7H2,1H3/b22-19+. The Kier molecular flexibility index (Phi) is 6.53. The highest BCUT2D eigenvalue weighted by Crippen LogP contribution is 2.41. The van der Waals surface area contributed by atoms with E-state index in [-0.39, 0.29) is 23.8 Å². The van der Waals surface area contributed by atoms with Gasteiger partial charge >= 0.3 is 0 Å². The largest absolute Gasteiger partial charge is 0.209 e. The van der Waals surface area contributed by atoms with Gasteiger partial charge in [0.15, 0.2) is 23.3 Å². The lowest BCUT2D eigenvalue weighted by atomic mass is 9.76. The highest BCUT2D eigenvalue weighted by Gasteiger charge is 2.25. The van der Waals surface area contributed by atoms with E-state index in [4.69, 9.17) is 0 Å². The molecule has 0 heterocycles. The van der Waals surface area contributed by atoms with E-state index >= 15 is 0 Å². The maximum absolute atomic E-state index is 14.0. The van der Waals surface area contributed by atoms with Crippen molar-refractivity contribution in [3.63, 3.8) is 0 Å². The third kappa shape index (κ3) is 4.45. The molecule has 1 aliphatic rings. The third-order valence-corrected chi connectivity index (χ3v) is 5.55. The van der Waals surface area contributed by atoms with Gasteiger partial charge in [-0.25, -0.2) is 22.0 Å². The van der Waals surface area contributed by atoms with Crippen molar-refractivity contribution in [3.8, 4) is 0 Å². The Morgan fingerprint density at radius 3 is 1.82 bits per heavy atom. The maximum atomic E-state index is 14.0. The molecular formula is C23H23F5. The van der Waals surface area contributed by atoms with Gasteiger partial charge in [0.25, 0.3) is 0 Å². The molecule has 0 bridgehead atoms. The van der Waals surface area contributed by atoms with Crippen LogP contribution in [0.4, 0.5) is 22.0 Å². The van der Waals surface area contributed by atoms with Crippen molar-refractivity contribution in [1.82, 2.24) is 0 Å². The molecule has 2 aromatic carbocycles. The lowest BCUT2D eigenvalue weighted by molar-refractivity contribution is 0.389. The first-order chi connectivity index (χ1) is 13.4. The summed E-state index contributed by atoms with van der Waals surface area (Å²) < 4.78 is 67.8. The quantitative estimate of drug-likeness (QED) is 0.356. The molecule has 0 N–H and O–H groups in total. The SMILES string of the molecule is CCC/C(F)=C(\F)c1ccc(C2CCC(c3cc(F)c(F)c(F)c3)CC2)cc1. The van der Waals surface area contributed by atoms with Gasteiger partial charge in [0.05, 0.1) is 0 Å². The van der Waals surface area contributed by atoms with Crippen molar-refractivity contribution in [3.05, 3.63) is 76.4 Å². The highest BCUT2D eigenvalue weighted by atomic mass is 19.2. The summed E-state index contributed by atoms with van der Waals surface area (Å²) in [5, 5.41) is 0. The van der Waals surface area contributed by atoms with E-state index in [1.807, 2.05) is 12.1 Å². The molecule has 0 unspecified atom stereocenters. The third-order valence-electron chi connectivity index (χ3n) is 5.55. The summed E-state index contributed by atoms with van der Waals surface area (Å²) in [6, 6.07) is 8.98. The Morgan fingerprint density at radius 1 is 0.821 bits per heavy atom. The van der Waals surface area contributed by atoms with Crippen LogP contribution in [0.1, 0.15) is 74.0 Å². The van der Waals surface area contributed by atoms with E-state index in [0.29, 0.717) is 12.0 Å². The zero-order valence-electron chi connectivity index (χ0n) is 15.8. The van der Waals surface area contributed by atoms with Gasteiger partial charge in [-0.1, -0.05) is 31.2 Å². The molecule has 2 aromatic rings. The van der Waals surface area contributed by atoms with Crippen LogP contribution in [0, 0.1) is 17.5 Å². The zero-order valence-corrected chi connectivity index (χ0v) is 15.8. The predicted octanol–water partition coefficient (Wildman–Crippen LogP) is 7.95. The Labute approximate surface area is 162 Å². The topological polar surface area (TPSA) is 0 Å². The molecule has 150 valence electrons. The molecule has 0 spiro atoms. The summed E-state index contributed by atoms with van der Waals surface area (Å²) in [5.74, 6) is -5.03. The molecular weight excluding hydrogens is 371 g/mol. The fraction of sp³-hybridized carbons (Fsp3) is 0.391. The van der Waals surface area contributed by atoms with Crippen LogP contribution in [0.5, 0.6) is 0 Å². The van der Waals surface area contributed by atoms with Gasteiger partial charge in [-0.15, -0.1) is 0 Å². The average Bonchev–Trinajstić information content (AvgIpc) is 2.71. The van der Waals surface area contributed by atoms with Crippen LogP contribution < -0.4 is 0 Å². The van der Waals surface area contributed by atoms with Crippen LogP contribution >= 0.6 is 0 Å². The van der Waals surface area contributed by atoms with E-state index in [1.165, 1.54) is 0 Å². The van der Waals surface area contributed by atoms with E-state index in [1.54, 1.807) is 19.1 Å². The van der Waals surface area contributed by atoms with Crippen molar-refractivity contribution in [2.24, 2.45) is 0 Å². The first-order valence-electron chi connectivity index (χ1n) is 9.69. The lowest BCUT2D eigenvalue weighted by Gasteiger charge is -2.29. The second-order valence-electron chi connectivity index (χ2n) is 7.44. The van der Waals surface area contributed by atoms with Gasteiger partial charge in [0, 0.05) is 12.0 Å². The second kappa shape index (κ2) is 8.89. The lowest BCUT2D eigenvalue weighted by Crippen LogP contribution is -2.13. The Bertz CT molecular complexity index is 823. The number of rotatable bonds is 5. The molecule has 0 saturated heterocycles. The first-order valence-corrected chi connectivity index (χ1v) is 9.69. The van der Waals surface area contributed by atoms with Crippen LogP contribution in [0.25, 0.3) is 5.83 Å². The fourth-order valence-corrected chi connectivity index (χ4v) is 3.96. The summed E-state index contributed by atoms with van der Waals surface area (Å²) in [4.78, 5) is 0. The van der Waals surface area contributed by atoms with Gasteiger partial charge < -0.3 is 0 Å². The van der Waals surface area contributed by atoms with Gasteiger partial charge in [0.2, 0.25) is 0 Å². The molecule has 0 atom stereocenters. The van der Waals surface area contributed by atoms with E-state index < -0.39 is 29.1 Å². The van der Waals surface area contributed by atoms with Gasteiger partial charge in [0.1, 0.15) is 5.83 Å². The van der Waals surface area contributed by atoms with Crippen molar-refractivity contribution in [2.75, 3.05) is 0 Å². The predicted molar refractivity (Wildman–Crippen MR) is 101 cm³/mol. The monoisotopic (exact) mass is 394 g/mol. The second-order valence-corrected chi connectivity index (χ2v) is 7.44. The molecule has 0 aliphatic heterocycles. The minimum Gasteiger partial charge on any atom is -0.209 e. The van der Waals surface area contributed by atoms with Crippen molar-refractivity contribution in [2.45, 2.75) is 57.3 Å². The Balaban J connectivity index is 1.66. The molecule has 3 rings (SSSR count). The molecule has 0 radical (unpaired) electrons. The van der Waals surface area contributed by atoms with Gasteiger partial charge in [-0.2, -0.15) is 0 Å². The van der Waals surface area contributed by atoms with Crippen LogP contribution in [0.2, 0.25) is 0 Å². The molecule has 0 amide bonds. The molecule has 1 aliphatic carbocycles. The fourth-order valence-electron chi connectivity index (χ4n) is 3.96.